The predicted molar refractivity (Wildman–Crippen MR) is 124 cm³/mol. The Morgan fingerprint density at radius 1 is 1.19 bits per heavy atom. The first-order chi connectivity index (χ1) is 15.7. The maximum Gasteiger partial charge on any atom is 0.194 e. The Labute approximate surface area is 188 Å². The number of nitrogens with one attached hydrogen (secondary N) is 2. The zero-order valence-corrected chi connectivity index (χ0v) is 18.6. The molecule has 168 valence electrons. The number of aromatic nitrogens is 3. The van der Waals surface area contributed by atoms with E-state index >= 15 is 0 Å². The largest absolute Gasteiger partial charge is 0.497 e. The van der Waals surface area contributed by atoms with Crippen molar-refractivity contribution in [1.82, 2.24) is 25.4 Å². The first-order valence-corrected chi connectivity index (χ1v) is 10.9. The van der Waals surface area contributed by atoms with Crippen LogP contribution in [-0.4, -0.2) is 59.9 Å². The van der Waals surface area contributed by atoms with E-state index in [-0.39, 0.29) is 0 Å². The minimum absolute atomic E-state index is 0.504. The predicted octanol–water partition coefficient (Wildman–Crippen LogP) is 3.09. The minimum atomic E-state index is 0.504. The van der Waals surface area contributed by atoms with Crippen molar-refractivity contribution in [2.24, 2.45) is 10.9 Å². The fraction of sp³-hybridized carbons (Fsp3) is 0.375. The van der Waals surface area contributed by atoms with E-state index in [4.69, 9.17) is 9.47 Å². The number of hydrogen-bond acceptors (Lipinski definition) is 5. The summed E-state index contributed by atoms with van der Waals surface area (Å²) >= 11 is 0. The van der Waals surface area contributed by atoms with E-state index in [9.17, 15) is 0 Å². The minimum Gasteiger partial charge on any atom is -0.497 e. The highest BCUT2D eigenvalue weighted by atomic mass is 16.5. The second-order valence-corrected chi connectivity index (χ2v) is 7.84. The van der Waals surface area contributed by atoms with Gasteiger partial charge in [-0.15, -0.1) is 0 Å². The number of nitrogens with zero attached hydrogens (tertiary/aromatic N) is 4. The summed E-state index contributed by atoms with van der Waals surface area (Å²) in [4.78, 5) is 11.3. The van der Waals surface area contributed by atoms with Crippen LogP contribution >= 0.6 is 0 Å². The van der Waals surface area contributed by atoms with E-state index in [1.807, 2.05) is 49.5 Å². The first kappa shape index (κ1) is 21.8. The van der Waals surface area contributed by atoms with Crippen LogP contribution in [0.5, 0.6) is 5.75 Å². The monoisotopic (exact) mass is 434 g/mol. The van der Waals surface area contributed by atoms with Crippen molar-refractivity contribution in [2.75, 3.05) is 33.9 Å². The highest BCUT2D eigenvalue weighted by Gasteiger charge is 2.25. The Morgan fingerprint density at radius 3 is 2.75 bits per heavy atom. The smallest absolute Gasteiger partial charge is 0.194 e. The van der Waals surface area contributed by atoms with Gasteiger partial charge in [-0.2, -0.15) is 5.10 Å². The molecule has 0 aliphatic carbocycles. The number of rotatable bonds is 8. The molecular weight excluding hydrogens is 404 g/mol. The topological polar surface area (TPSA) is 87.7 Å². The average molecular weight is 435 g/mol. The van der Waals surface area contributed by atoms with Gasteiger partial charge in [0.15, 0.2) is 11.8 Å². The van der Waals surface area contributed by atoms with Crippen LogP contribution in [0.15, 0.2) is 59.6 Å². The number of benzene rings is 2. The lowest BCUT2D eigenvalue weighted by molar-refractivity contribution is 0.0906. The molecule has 8 heteroatoms. The van der Waals surface area contributed by atoms with Gasteiger partial charge in [0.2, 0.25) is 0 Å². The van der Waals surface area contributed by atoms with Crippen molar-refractivity contribution in [2.45, 2.75) is 19.6 Å². The van der Waals surface area contributed by atoms with Gasteiger partial charge < -0.3 is 19.7 Å². The Bertz CT molecular complexity index is 1000. The molecule has 2 N–H and O–H groups in total. The molecule has 32 heavy (non-hydrogen) atoms. The Kier molecular flexibility index (Phi) is 7.34. The van der Waals surface area contributed by atoms with Gasteiger partial charge in [0.25, 0.3) is 0 Å². The van der Waals surface area contributed by atoms with Crippen molar-refractivity contribution < 1.29 is 9.47 Å². The van der Waals surface area contributed by atoms with Crippen LogP contribution in [0, 0.1) is 5.92 Å². The molecule has 0 radical (unpaired) electrons. The molecule has 2 aromatic carbocycles. The summed E-state index contributed by atoms with van der Waals surface area (Å²) in [5.41, 5.74) is 2.15. The van der Waals surface area contributed by atoms with Gasteiger partial charge in [-0.3, -0.25) is 10.1 Å². The van der Waals surface area contributed by atoms with E-state index in [0.717, 1.165) is 49.2 Å². The summed E-state index contributed by atoms with van der Waals surface area (Å²) in [6.07, 6.45) is 1.10. The summed E-state index contributed by atoms with van der Waals surface area (Å²) in [5, 5.41) is 10.7. The fourth-order valence-electron chi connectivity index (χ4n) is 3.82. The number of aromatic amines is 1. The average Bonchev–Trinajstić information content (AvgIpc) is 3.51. The maximum atomic E-state index is 5.94. The van der Waals surface area contributed by atoms with Crippen molar-refractivity contribution in [1.29, 1.82) is 0 Å². The number of guanidine groups is 1. The van der Waals surface area contributed by atoms with E-state index in [1.165, 1.54) is 5.56 Å². The Morgan fingerprint density at radius 2 is 2.00 bits per heavy atom. The van der Waals surface area contributed by atoms with Gasteiger partial charge in [-0.1, -0.05) is 30.3 Å². The molecule has 1 unspecified atom stereocenters. The molecule has 2 heterocycles. The third-order valence-corrected chi connectivity index (χ3v) is 5.56. The number of ether oxygens (including phenoxy) is 2. The Hall–Kier alpha value is -3.39. The van der Waals surface area contributed by atoms with E-state index in [0.29, 0.717) is 24.9 Å². The molecule has 8 nitrogen and oxygen atoms in total. The van der Waals surface area contributed by atoms with Gasteiger partial charge in [0.1, 0.15) is 11.6 Å². The van der Waals surface area contributed by atoms with Crippen molar-refractivity contribution in [3.05, 3.63) is 66.0 Å². The molecule has 1 saturated heterocycles. The van der Waals surface area contributed by atoms with Gasteiger partial charge in [-0.25, -0.2) is 4.98 Å². The lowest BCUT2D eigenvalue weighted by Crippen LogP contribution is -2.40. The molecule has 1 atom stereocenters. The number of likely N-dealkylation sites (tertiary alicyclic amines) is 1. The van der Waals surface area contributed by atoms with Crippen LogP contribution in [0.1, 0.15) is 17.8 Å². The molecule has 0 bridgehead atoms. The van der Waals surface area contributed by atoms with Crippen LogP contribution in [0.2, 0.25) is 0 Å². The lowest BCUT2D eigenvalue weighted by Gasteiger charge is -2.21. The fourth-order valence-corrected chi connectivity index (χ4v) is 3.82. The molecule has 1 fully saturated rings. The molecule has 4 rings (SSSR count). The van der Waals surface area contributed by atoms with Crippen molar-refractivity contribution >= 4 is 5.96 Å². The molecule has 1 aromatic heterocycles. The van der Waals surface area contributed by atoms with Gasteiger partial charge in [0.05, 0.1) is 26.9 Å². The van der Waals surface area contributed by atoms with Gasteiger partial charge in [0, 0.05) is 31.6 Å². The second-order valence-electron chi connectivity index (χ2n) is 7.84. The van der Waals surface area contributed by atoms with Crippen molar-refractivity contribution in [3.63, 3.8) is 0 Å². The maximum absolute atomic E-state index is 5.94. The zero-order valence-electron chi connectivity index (χ0n) is 18.6. The molecule has 1 aliphatic rings. The summed E-state index contributed by atoms with van der Waals surface area (Å²) in [6.45, 7) is 3.85. The quantitative estimate of drug-likeness (QED) is 0.418. The third-order valence-electron chi connectivity index (χ3n) is 5.56. The second kappa shape index (κ2) is 10.8. The van der Waals surface area contributed by atoms with Crippen LogP contribution in [0.4, 0.5) is 0 Å². The molecule has 0 saturated carbocycles. The SMILES string of the molecule is CN=C(NCc1nc(-c2ccc(OC)cc2)n[nH]1)N1CCC(COCc2ccccc2)C1. The van der Waals surface area contributed by atoms with Crippen molar-refractivity contribution in [3.8, 4) is 17.1 Å². The summed E-state index contributed by atoms with van der Waals surface area (Å²) in [7, 11) is 3.46. The number of H-pyrrole nitrogens is 1. The van der Waals surface area contributed by atoms with Gasteiger partial charge in [-0.05, 0) is 36.2 Å². The van der Waals surface area contributed by atoms with Crippen LogP contribution in [0.25, 0.3) is 11.4 Å². The molecule has 0 spiro atoms. The Balaban J connectivity index is 1.24. The summed E-state index contributed by atoms with van der Waals surface area (Å²) < 4.78 is 11.1. The van der Waals surface area contributed by atoms with E-state index in [2.05, 4.69) is 42.5 Å². The molecule has 1 aliphatic heterocycles. The highest BCUT2D eigenvalue weighted by Crippen LogP contribution is 2.19. The summed E-state index contributed by atoms with van der Waals surface area (Å²) in [6, 6.07) is 18.0. The molecular formula is C24H30N6O2. The van der Waals surface area contributed by atoms with Crippen LogP contribution in [-0.2, 0) is 17.9 Å². The van der Waals surface area contributed by atoms with Gasteiger partial charge >= 0.3 is 0 Å². The normalized spacial score (nSPS) is 16.4. The van der Waals surface area contributed by atoms with Crippen LogP contribution < -0.4 is 10.1 Å². The number of hydrogen-bond donors (Lipinski definition) is 2. The van der Waals surface area contributed by atoms with E-state index < -0.39 is 0 Å². The molecule has 0 amide bonds. The highest BCUT2D eigenvalue weighted by molar-refractivity contribution is 5.80. The summed E-state index contributed by atoms with van der Waals surface area (Å²) in [5.74, 6) is 3.61. The van der Waals surface area contributed by atoms with Crippen LogP contribution in [0.3, 0.4) is 0 Å². The lowest BCUT2D eigenvalue weighted by atomic mass is 10.1. The molecule has 3 aromatic rings. The first-order valence-electron chi connectivity index (χ1n) is 10.9. The van der Waals surface area contributed by atoms with E-state index in [1.54, 1.807) is 7.11 Å². The standard InChI is InChI=1S/C24H30N6O2/c1-25-24(30-13-12-19(15-30)17-32-16-18-6-4-3-5-7-18)26-14-22-27-23(29-28-22)20-8-10-21(31-2)11-9-20/h3-11,19H,12-17H2,1-2H3,(H,25,26)(H,27,28,29). The third kappa shape index (κ3) is 5.64. The number of methoxy groups -OCH3 is 1. The zero-order chi connectivity index (χ0) is 22.2. The number of aliphatic imine (C=N–C) groups is 1.